The van der Waals surface area contributed by atoms with Crippen molar-refractivity contribution in [3.05, 3.63) is 77.0 Å². The normalized spacial score (nSPS) is 12.3. The Morgan fingerprint density at radius 2 is 1.63 bits per heavy atom. The summed E-state index contributed by atoms with van der Waals surface area (Å²) in [6.45, 7) is 0. The van der Waals surface area contributed by atoms with Crippen LogP contribution in [0.1, 0.15) is 4.88 Å². The van der Waals surface area contributed by atoms with E-state index in [1.165, 1.54) is 28.1 Å². The van der Waals surface area contributed by atoms with Gasteiger partial charge in [-0.15, -0.1) is 11.3 Å². The third-order valence-electron chi connectivity index (χ3n) is 4.59. The van der Waals surface area contributed by atoms with E-state index < -0.39 is 9.84 Å². The fourth-order valence-corrected chi connectivity index (χ4v) is 5.28. The molecule has 0 spiro atoms. The van der Waals surface area contributed by atoms with Crippen molar-refractivity contribution < 1.29 is 8.42 Å². The minimum atomic E-state index is -3.94. The molecule has 5 aromatic rings. The molecule has 0 atom stereocenters. The molecular weight excluding hydrogens is 418 g/mol. The molecule has 0 saturated heterocycles. The van der Waals surface area contributed by atoms with Crippen LogP contribution in [0.5, 0.6) is 0 Å². The van der Waals surface area contributed by atoms with Crippen LogP contribution >= 0.6 is 11.3 Å². The van der Waals surface area contributed by atoms with E-state index in [2.05, 4.69) is 15.1 Å². The molecule has 2 aromatic carbocycles. The highest BCUT2D eigenvalue weighted by molar-refractivity contribution is 7.92. The maximum atomic E-state index is 13.4. The Bertz CT molecular complexity index is 1510. The Morgan fingerprint density at radius 3 is 2.33 bits per heavy atom. The van der Waals surface area contributed by atoms with Gasteiger partial charge in [-0.05, 0) is 35.7 Å². The maximum absolute atomic E-state index is 13.4. The lowest BCUT2D eigenvalue weighted by atomic mass is 10.3. The van der Waals surface area contributed by atoms with Crippen LogP contribution < -0.4 is 5.73 Å². The first kappa shape index (κ1) is 18.5. The largest absolute Gasteiger partial charge is 0.382 e. The molecular formula is C21H15N5O2S2. The molecule has 7 nitrogen and oxygen atoms in total. The van der Waals surface area contributed by atoms with E-state index in [4.69, 9.17) is 5.73 Å². The van der Waals surface area contributed by atoms with Gasteiger partial charge in [0.1, 0.15) is 16.2 Å². The molecule has 3 aromatic heterocycles. The molecule has 0 bridgehead atoms. The Balaban J connectivity index is 1.84. The lowest BCUT2D eigenvalue weighted by Crippen LogP contribution is -2.06. The number of nitrogen functional groups attached to an aromatic ring is 1. The van der Waals surface area contributed by atoms with Crippen molar-refractivity contribution in [1.82, 2.24) is 14.6 Å². The molecule has 0 amide bonds. The van der Waals surface area contributed by atoms with Crippen LogP contribution in [0.4, 0.5) is 5.82 Å². The van der Waals surface area contributed by atoms with Gasteiger partial charge in [0.25, 0.3) is 0 Å². The van der Waals surface area contributed by atoms with Crippen LogP contribution in [0.3, 0.4) is 0 Å². The van der Waals surface area contributed by atoms with Gasteiger partial charge in [0.05, 0.1) is 22.1 Å². The molecule has 9 heteroatoms. The van der Waals surface area contributed by atoms with Gasteiger partial charge in [-0.3, -0.25) is 0 Å². The van der Waals surface area contributed by atoms with Crippen LogP contribution in [0, 0.1) is 0 Å². The maximum Gasteiger partial charge on any atom is 0.212 e. The Labute approximate surface area is 176 Å². The Hall–Kier alpha value is -3.56. The van der Waals surface area contributed by atoms with Gasteiger partial charge in [0, 0.05) is 4.88 Å². The standard InChI is InChI=1S/C21H15N5O2S2/c22-20-19(30(27,28)15-8-2-1-3-9-15)18-21(25-17-11-5-4-10-16(17)24-18)26(20)23-13-14-7-6-12-29-14/h1-13H,22H2. The van der Waals surface area contributed by atoms with Gasteiger partial charge in [0.15, 0.2) is 5.65 Å². The van der Waals surface area contributed by atoms with Gasteiger partial charge in [-0.1, -0.05) is 36.4 Å². The Kier molecular flexibility index (Phi) is 4.34. The van der Waals surface area contributed by atoms with Gasteiger partial charge >= 0.3 is 0 Å². The highest BCUT2D eigenvalue weighted by Crippen LogP contribution is 2.35. The second-order valence-electron chi connectivity index (χ2n) is 6.49. The van der Waals surface area contributed by atoms with Gasteiger partial charge < -0.3 is 5.73 Å². The number of thiophene rings is 1. The van der Waals surface area contributed by atoms with E-state index in [-0.39, 0.29) is 26.8 Å². The highest BCUT2D eigenvalue weighted by atomic mass is 32.2. The monoisotopic (exact) mass is 433 g/mol. The smallest absolute Gasteiger partial charge is 0.212 e. The summed E-state index contributed by atoms with van der Waals surface area (Å²) in [5.41, 5.74) is 8.02. The lowest BCUT2D eigenvalue weighted by molar-refractivity contribution is 0.597. The molecule has 0 radical (unpaired) electrons. The SMILES string of the molecule is Nc1c(S(=O)(=O)c2ccccc2)c2nc3ccccc3nc2n1N=Cc1cccs1. The summed E-state index contributed by atoms with van der Waals surface area (Å²) in [4.78, 5) is 10.1. The summed E-state index contributed by atoms with van der Waals surface area (Å²) < 4.78 is 28.2. The molecule has 0 aliphatic heterocycles. The van der Waals surface area contributed by atoms with E-state index in [1.807, 2.05) is 35.7 Å². The number of para-hydroxylation sites is 2. The zero-order valence-electron chi connectivity index (χ0n) is 15.5. The number of nitrogens with two attached hydrogens (primary N) is 1. The molecule has 0 aliphatic carbocycles. The van der Waals surface area contributed by atoms with E-state index in [0.29, 0.717) is 11.0 Å². The predicted molar refractivity (Wildman–Crippen MR) is 119 cm³/mol. The molecule has 30 heavy (non-hydrogen) atoms. The number of fused-ring (bicyclic) bond motifs is 2. The number of sulfone groups is 1. The van der Waals surface area contributed by atoms with Crippen molar-refractivity contribution in [2.24, 2.45) is 5.10 Å². The van der Waals surface area contributed by atoms with Crippen LogP contribution in [0.2, 0.25) is 0 Å². The summed E-state index contributed by atoms with van der Waals surface area (Å²) in [5.74, 6) is -0.0306. The first-order valence-corrected chi connectivity index (χ1v) is 11.4. The van der Waals surface area contributed by atoms with Crippen molar-refractivity contribution in [2.45, 2.75) is 9.79 Å². The fraction of sp³-hybridized carbons (Fsp3) is 0. The van der Waals surface area contributed by atoms with Crippen LogP contribution in [0.25, 0.3) is 22.2 Å². The molecule has 0 fully saturated rings. The second-order valence-corrected chi connectivity index (χ2v) is 9.35. The molecule has 0 aliphatic rings. The van der Waals surface area contributed by atoms with Gasteiger partial charge in [-0.2, -0.15) is 9.78 Å². The summed E-state index contributed by atoms with van der Waals surface area (Å²) in [5, 5.41) is 6.35. The molecule has 2 N–H and O–H groups in total. The van der Waals surface area contributed by atoms with E-state index in [1.54, 1.807) is 30.5 Å². The van der Waals surface area contributed by atoms with Gasteiger partial charge in [0.2, 0.25) is 9.84 Å². The summed E-state index contributed by atoms with van der Waals surface area (Å²) >= 11 is 1.51. The minimum Gasteiger partial charge on any atom is -0.382 e. The van der Waals surface area contributed by atoms with Crippen LogP contribution in [-0.4, -0.2) is 29.3 Å². The number of nitrogens with zero attached hydrogens (tertiary/aromatic N) is 4. The molecule has 5 rings (SSSR count). The average molecular weight is 434 g/mol. The Morgan fingerprint density at radius 1 is 0.933 bits per heavy atom. The van der Waals surface area contributed by atoms with E-state index >= 15 is 0 Å². The number of hydrogen-bond donors (Lipinski definition) is 1. The third kappa shape index (κ3) is 2.95. The van der Waals surface area contributed by atoms with E-state index in [9.17, 15) is 8.42 Å². The molecule has 0 unspecified atom stereocenters. The molecule has 148 valence electrons. The molecule has 0 saturated carbocycles. The van der Waals surface area contributed by atoms with Crippen molar-refractivity contribution in [3.63, 3.8) is 0 Å². The summed E-state index contributed by atoms with van der Waals surface area (Å²) in [6, 6.07) is 19.2. The van der Waals surface area contributed by atoms with Gasteiger partial charge in [-0.25, -0.2) is 18.4 Å². The topological polar surface area (TPSA) is 103 Å². The number of hydrogen-bond acceptors (Lipinski definition) is 7. The van der Waals surface area contributed by atoms with E-state index in [0.717, 1.165) is 4.88 Å². The molecule has 3 heterocycles. The number of anilines is 1. The summed E-state index contributed by atoms with van der Waals surface area (Å²) in [7, 11) is -3.94. The van der Waals surface area contributed by atoms with Crippen LogP contribution in [0.15, 0.2) is 87.0 Å². The number of aromatic nitrogens is 3. The second kappa shape index (κ2) is 7.05. The number of benzene rings is 2. The predicted octanol–water partition coefficient (Wildman–Crippen LogP) is 3.94. The van der Waals surface area contributed by atoms with Crippen molar-refractivity contribution in [1.29, 1.82) is 0 Å². The minimum absolute atomic E-state index is 0.0306. The first-order chi connectivity index (χ1) is 14.6. The van der Waals surface area contributed by atoms with Crippen molar-refractivity contribution in [3.8, 4) is 0 Å². The third-order valence-corrected chi connectivity index (χ3v) is 7.23. The van der Waals surface area contributed by atoms with Crippen LogP contribution in [-0.2, 0) is 9.84 Å². The summed E-state index contributed by atoms with van der Waals surface area (Å²) in [6.07, 6.45) is 1.62. The van der Waals surface area contributed by atoms with Crippen molar-refractivity contribution in [2.75, 3.05) is 5.73 Å². The quantitative estimate of drug-likeness (QED) is 0.432. The van der Waals surface area contributed by atoms with Crippen molar-refractivity contribution >= 4 is 55.4 Å². The average Bonchev–Trinajstić information content (AvgIpc) is 3.37. The first-order valence-electron chi connectivity index (χ1n) is 9.00. The fourth-order valence-electron chi connectivity index (χ4n) is 3.20. The zero-order valence-corrected chi connectivity index (χ0v) is 17.1. The lowest BCUT2D eigenvalue weighted by Gasteiger charge is -2.04. The highest BCUT2D eigenvalue weighted by Gasteiger charge is 2.30. The zero-order chi connectivity index (χ0) is 20.7. The number of rotatable bonds is 4.